The second-order valence-electron chi connectivity index (χ2n) is 3.27. The van der Waals surface area contributed by atoms with Crippen molar-refractivity contribution in [3.63, 3.8) is 0 Å². The van der Waals surface area contributed by atoms with Crippen molar-refractivity contribution < 1.29 is 47.6 Å². The summed E-state index contributed by atoms with van der Waals surface area (Å²) in [4.78, 5) is 20.7. The molecule has 0 atom stereocenters. The molecule has 0 fully saturated rings. The van der Waals surface area contributed by atoms with Crippen LogP contribution in [0.15, 0.2) is 24.3 Å². The number of alkyl halides is 4. The minimum absolute atomic E-state index is 0.0833. The fourth-order valence-electron chi connectivity index (χ4n) is 0.755. The normalized spacial score (nSPS) is 11.3. The van der Waals surface area contributed by atoms with Crippen LogP contribution in [0.2, 0.25) is 0 Å². The number of carboxylic acids is 2. The summed E-state index contributed by atoms with van der Waals surface area (Å²) in [6, 6.07) is 5.02. The van der Waals surface area contributed by atoms with E-state index in [2.05, 4.69) is 0 Å². The van der Waals surface area contributed by atoms with E-state index in [9.17, 15) is 27.2 Å². The van der Waals surface area contributed by atoms with Gasteiger partial charge in [-0.3, -0.25) is 0 Å². The Balaban J connectivity index is 0.000000396. The molecular formula is C10H8F4O6. The number of rotatable bonds is 3. The van der Waals surface area contributed by atoms with Crippen molar-refractivity contribution >= 4 is 11.9 Å². The van der Waals surface area contributed by atoms with Crippen LogP contribution in [-0.2, 0) is 0 Å². The number of halogens is 4. The smallest absolute Gasteiger partial charge is 0.445 e. The lowest BCUT2D eigenvalue weighted by molar-refractivity contribution is -0.404. The van der Waals surface area contributed by atoms with E-state index in [-0.39, 0.29) is 11.1 Å². The van der Waals surface area contributed by atoms with Gasteiger partial charge in [-0.2, -0.15) is 17.6 Å². The summed E-state index contributed by atoms with van der Waals surface area (Å²) in [5.41, 5.74) is 0.167. The molecule has 0 bridgehead atoms. The minimum atomic E-state index is -5.34. The Morgan fingerprint density at radius 2 is 0.950 bits per heavy atom. The molecule has 6 nitrogen and oxygen atoms in total. The van der Waals surface area contributed by atoms with E-state index in [1.165, 1.54) is 24.3 Å². The summed E-state index contributed by atoms with van der Waals surface area (Å²) in [5, 5.41) is 31.0. The molecule has 0 saturated carbocycles. The molecule has 1 aromatic rings. The Labute approximate surface area is 108 Å². The van der Waals surface area contributed by atoms with E-state index in [0.717, 1.165) is 0 Å². The lowest BCUT2D eigenvalue weighted by Gasteiger charge is -2.13. The van der Waals surface area contributed by atoms with Gasteiger partial charge in [0.1, 0.15) is 0 Å². The first-order chi connectivity index (χ1) is 8.86. The molecule has 112 valence electrons. The Bertz CT molecular complexity index is 429. The first-order valence-corrected chi connectivity index (χ1v) is 4.63. The molecular weight excluding hydrogens is 292 g/mol. The van der Waals surface area contributed by atoms with Crippen molar-refractivity contribution in [1.82, 2.24) is 0 Å². The fourth-order valence-corrected chi connectivity index (χ4v) is 0.755. The van der Waals surface area contributed by atoms with Crippen LogP contribution in [0, 0.1) is 0 Å². The van der Waals surface area contributed by atoms with Gasteiger partial charge in [0.05, 0.1) is 11.1 Å². The molecule has 0 aliphatic carbocycles. The van der Waals surface area contributed by atoms with E-state index < -0.39 is 24.2 Å². The molecule has 0 radical (unpaired) electrons. The number of aliphatic hydroxyl groups is 2. The van der Waals surface area contributed by atoms with Gasteiger partial charge in [0, 0.05) is 0 Å². The van der Waals surface area contributed by atoms with Crippen molar-refractivity contribution in [2.45, 2.75) is 12.2 Å². The van der Waals surface area contributed by atoms with E-state index in [1.807, 2.05) is 0 Å². The van der Waals surface area contributed by atoms with Crippen molar-refractivity contribution in [3.05, 3.63) is 35.4 Å². The van der Waals surface area contributed by atoms with Crippen molar-refractivity contribution in [3.8, 4) is 0 Å². The summed E-state index contributed by atoms with van der Waals surface area (Å²) >= 11 is 0. The predicted molar refractivity (Wildman–Crippen MR) is 54.7 cm³/mol. The zero-order valence-electron chi connectivity index (χ0n) is 9.43. The molecule has 1 rings (SSSR count). The molecule has 0 aliphatic rings. The number of hydrogen-bond donors (Lipinski definition) is 4. The molecule has 1 aromatic carbocycles. The average Bonchev–Trinajstić information content (AvgIpc) is 2.27. The summed E-state index contributed by atoms with van der Waals surface area (Å²) in [6.45, 7) is 0. The lowest BCUT2D eigenvalue weighted by atomic mass is 10.1. The standard InChI is InChI=1S/C8H6O4.C2H2F4O2/c9-7(10)5-1-2-6(4-3-5)8(11)12;3-1(4,7)2(5,6)8/h1-4H,(H,9,10)(H,11,12);7-8H. The van der Waals surface area contributed by atoms with Gasteiger partial charge in [-0.25, -0.2) is 9.59 Å². The van der Waals surface area contributed by atoms with Crippen LogP contribution in [0.5, 0.6) is 0 Å². The second kappa shape index (κ2) is 6.30. The molecule has 0 spiro atoms. The monoisotopic (exact) mass is 300 g/mol. The third-order valence-electron chi connectivity index (χ3n) is 1.74. The SMILES string of the molecule is O=C(O)c1ccc(C(=O)O)cc1.OC(F)(F)C(O)(F)F. The quantitative estimate of drug-likeness (QED) is 0.624. The third kappa shape index (κ3) is 5.63. The lowest BCUT2D eigenvalue weighted by Crippen LogP contribution is -2.39. The van der Waals surface area contributed by atoms with Gasteiger partial charge in [0.25, 0.3) is 0 Å². The number of aromatic carboxylic acids is 2. The second-order valence-corrected chi connectivity index (χ2v) is 3.27. The minimum Gasteiger partial charge on any atom is -0.478 e. The highest BCUT2D eigenvalue weighted by Crippen LogP contribution is 2.27. The van der Waals surface area contributed by atoms with E-state index in [1.54, 1.807) is 0 Å². The van der Waals surface area contributed by atoms with Gasteiger partial charge in [0.15, 0.2) is 0 Å². The number of carbonyl (C=O) groups is 2. The Morgan fingerprint density at radius 3 is 1.05 bits per heavy atom. The van der Waals surface area contributed by atoms with Crippen molar-refractivity contribution in [2.75, 3.05) is 0 Å². The zero-order valence-corrected chi connectivity index (χ0v) is 9.43. The fraction of sp³-hybridized carbons (Fsp3) is 0.200. The Kier molecular flexibility index (Phi) is 5.61. The van der Waals surface area contributed by atoms with Gasteiger partial charge in [-0.1, -0.05) is 0 Å². The van der Waals surface area contributed by atoms with E-state index in [0.29, 0.717) is 0 Å². The molecule has 0 aliphatic heterocycles. The Morgan fingerprint density at radius 1 is 0.750 bits per heavy atom. The molecule has 0 unspecified atom stereocenters. The summed E-state index contributed by atoms with van der Waals surface area (Å²) in [7, 11) is 0. The summed E-state index contributed by atoms with van der Waals surface area (Å²) in [6.07, 6.45) is -10.7. The number of carboxylic acid groups (broad SMARTS) is 2. The molecule has 10 heteroatoms. The van der Waals surface area contributed by atoms with Gasteiger partial charge in [-0.15, -0.1) is 0 Å². The summed E-state index contributed by atoms with van der Waals surface area (Å²) < 4.78 is 43.1. The van der Waals surface area contributed by atoms with E-state index >= 15 is 0 Å². The first-order valence-electron chi connectivity index (χ1n) is 4.63. The highest BCUT2D eigenvalue weighted by atomic mass is 19.3. The van der Waals surface area contributed by atoms with Gasteiger partial charge >= 0.3 is 24.2 Å². The van der Waals surface area contributed by atoms with Crippen molar-refractivity contribution in [1.29, 1.82) is 0 Å². The van der Waals surface area contributed by atoms with Crippen LogP contribution >= 0.6 is 0 Å². The molecule has 0 saturated heterocycles. The highest BCUT2D eigenvalue weighted by molar-refractivity contribution is 5.91. The molecule has 0 aromatic heterocycles. The molecule has 20 heavy (non-hydrogen) atoms. The number of benzene rings is 1. The Hall–Kier alpha value is -2.20. The van der Waals surface area contributed by atoms with Crippen molar-refractivity contribution in [2.24, 2.45) is 0 Å². The van der Waals surface area contributed by atoms with Crippen LogP contribution in [0.25, 0.3) is 0 Å². The van der Waals surface area contributed by atoms with Gasteiger partial charge in [0.2, 0.25) is 0 Å². The molecule has 0 amide bonds. The largest absolute Gasteiger partial charge is 0.478 e. The van der Waals surface area contributed by atoms with Gasteiger partial charge in [-0.05, 0) is 24.3 Å². The first kappa shape index (κ1) is 17.8. The highest BCUT2D eigenvalue weighted by Gasteiger charge is 2.54. The van der Waals surface area contributed by atoms with Crippen LogP contribution in [-0.4, -0.2) is 44.6 Å². The van der Waals surface area contributed by atoms with Crippen LogP contribution in [0.4, 0.5) is 17.6 Å². The predicted octanol–water partition coefficient (Wildman–Crippen LogP) is 1.24. The van der Waals surface area contributed by atoms with Crippen LogP contribution < -0.4 is 0 Å². The third-order valence-corrected chi connectivity index (χ3v) is 1.74. The topological polar surface area (TPSA) is 115 Å². The van der Waals surface area contributed by atoms with Crippen LogP contribution in [0.1, 0.15) is 20.7 Å². The molecule has 4 N–H and O–H groups in total. The van der Waals surface area contributed by atoms with Crippen LogP contribution in [0.3, 0.4) is 0 Å². The maximum absolute atomic E-state index is 10.8. The number of hydrogen-bond acceptors (Lipinski definition) is 4. The maximum Gasteiger partial charge on any atom is 0.445 e. The molecule has 0 heterocycles. The zero-order chi connectivity index (χ0) is 16.1. The van der Waals surface area contributed by atoms with Gasteiger partial charge < -0.3 is 20.4 Å². The van der Waals surface area contributed by atoms with E-state index in [4.69, 9.17) is 20.4 Å². The summed E-state index contributed by atoms with van der Waals surface area (Å²) in [5.74, 6) is -2.13. The maximum atomic E-state index is 10.8. The average molecular weight is 300 g/mol.